The van der Waals surface area contributed by atoms with Gasteiger partial charge in [0.2, 0.25) is 5.65 Å². The molecule has 1 aliphatic carbocycles. The molecule has 1 aliphatic rings. The molecule has 0 spiro atoms. The van der Waals surface area contributed by atoms with E-state index in [1.165, 1.54) is 12.1 Å². The van der Waals surface area contributed by atoms with Gasteiger partial charge in [0.1, 0.15) is 17.1 Å². The molecule has 4 aromatic rings. The average molecular weight is 417 g/mol. The van der Waals surface area contributed by atoms with Gasteiger partial charge in [0.15, 0.2) is 0 Å². The molecule has 1 fully saturated rings. The Balaban J connectivity index is 1.32. The van der Waals surface area contributed by atoms with Crippen molar-refractivity contribution >= 4 is 22.8 Å². The van der Waals surface area contributed by atoms with E-state index in [2.05, 4.69) is 32.6 Å². The van der Waals surface area contributed by atoms with Crippen molar-refractivity contribution in [2.75, 3.05) is 5.32 Å². The summed E-state index contributed by atoms with van der Waals surface area (Å²) in [6.45, 7) is 2.20. The van der Waals surface area contributed by atoms with E-state index in [0.717, 1.165) is 18.6 Å². The van der Waals surface area contributed by atoms with Crippen LogP contribution in [0.1, 0.15) is 30.1 Å². The summed E-state index contributed by atoms with van der Waals surface area (Å²) in [6.07, 6.45) is 2.39. The first-order valence-electron chi connectivity index (χ1n) is 10.1. The Kier molecular flexibility index (Phi) is 4.82. The van der Waals surface area contributed by atoms with Crippen molar-refractivity contribution in [1.82, 2.24) is 20.4 Å². The summed E-state index contributed by atoms with van der Waals surface area (Å²) >= 11 is 0. The Morgan fingerprint density at radius 3 is 2.68 bits per heavy atom. The molecule has 2 aromatic carbocycles. The SMILES string of the molecule is CC1CC(Oc2ccc(NC(=O)c3cc(-c4ccc5n[nH]nc5n4)ccc3F)cc2)C1. The zero-order valence-electron chi connectivity index (χ0n) is 16.8. The van der Waals surface area contributed by atoms with Crippen molar-refractivity contribution in [3.05, 3.63) is 66.0 Å². The number of H-pyrrole nitrogens is 1. The molecule has 0 atom stereocenters. The number of aromatic nitrogens is 4. The fourth-order valence-corrected chi connectivity index (χ4v) is 3.69. The molecule has 2 N–H and O–H groups in total. The van der Waals surface area contributed by atoms with Gasteiger partial charge in [0.25, 0.3) is 5.91 Å². The molecule has 0 aliphatic heterocycles. The van der Waals surface area contributed by atoms with Gasteiger partial charge < -0.3 is 10.1 Å². The number of halogens is 1. The molecule has 0 saturated heterocycles. The van der Waals surface area contributed by atoms with Gasteiger partial charge in [-0.2, -0.15) is 10.3 Å². The van der Waals surface area contributed by atoms with Crippen molar-refractivity contribution in [3.8, 4) is 17.0 Å². The number of nitrogens with zero attached hydrogens (tertiary/aromatic N) is 3. The van der Waals surface area contributed by atoms with Crippen LogP contribution in [0.25, 0.3) is 22.4 Å². The number of pyridine rings is 1. The summed E-state index contributed by atoms with van der Waals surface area (Å²) in [5.41, 5.74) is 2.75. The van der Waals surface area contributed by atoms with Crippen LogP contribution in [0.5, 0.6) is 5.75 Å². The van der Waals surface area contributed by atoms with E-state index in [1.807, 2.05) is 12.1 Å². The zero-order chi connectivity index (χ0) is 21.4. The van der Waals surface area contributed by atoms with Crippen LogP contribution in [0.4, 0.5) is 10.1 Å². The Morgan fingerprint density at radius 1 is 1.10 bits per heavy atom. The summed E-state index contributed by atoms with van der Waals surface area (Å²) in [4.78, 5) is 17.1. The molecule has 31 heavy (non-hydrogen) atoms. The normalized spacial score (nSPS) is 17.9. The summed E-state index contributed by atoms with van der Waals surface area (Å²) in [7, 11) is 0. The van der Waals surface area contributed by atoms with Gasteiger partial charge in [-0.3, -0.25) is 4.79 Å². The van der Waals surface area contributed by atoms with E-state index in [4.69, 9.17) is 4.74 Å². The maximum atomic E-state index is 14.4. The van der Waals surface area contributed by atoms with Crippen LogP contribution in [-0.2, 0) is 0 Å². The van der Waals surface area contributed by atoms with Gasteiger partial charge in [-0.15, -0.1) is 5.10 Å². The van der Waals surface area contributed by atoms with Crippen LogP contribution in [0.15, 0.2) is 54.6 Å². The van der Waals surface area contributed by atoms with Gasteiger partial charge in [0, 0.05) is 11.3 Å². The lowest BCUT2D eigenvalue weighted by molar-refractivity contribution is 0.0739. The number of aromatic amines is 1. The minimum Gasteiger partial charge on any atom is -0.490 e. The van der Waals surface area contributed by atoms with Gasteiger partial charge in [0.05, 0.1) is 17.4 Å². The molecule has 2 heterocycles. The van der Waals surface area contributed by atoms with Gasteiger partial charge in [-0.25, -0.2) is 9.37 Å². The first-order valence-corrected chi connectivity index (χ1v) is 10.1. The van der Waals surface area contributed by atoms with Crippen molar-refractivity contribution < 1.29 is 13.9 Å². The topological polar surface area (TPSA) is 92.8 Å². The van der Waals surface area contributed by atoms with Crippen LogP contribution in [-0.4, -0.2) is 32.4 Å². The van der Waals surface area contributed by atoms with Crippen LogP contribution >= 0.6 is 0 Å². The maximum Gasteiger partial charge on any atom is 0.258 e. The second kappa shape index (κ2) is 7.79. The number of hydrogen-bond acceptors (Lipinski definition) is 5. The van der Waals surface area contributed by atoms with E-state index >= 15 is 0 Å². The van der Waals surface area contributed by atoms with Crippen LogP contribution in [0.3, 0.4) is 0 Å². The maximum absolute atomic E-state index is 14.4. The molecule has 0 unspecified atom stereocenters. The Labute approximate surface area is 177 Å². The third kappa shape index (κ3) is 3.96. The van der Waals surface area contributed by atoms with E-state index in [9.17, 15) is 9.18 Å². The minimum absolute atomic E-state index is 0.0664. The van der Waals surface area contributed by atoms with Crippen LogP contribution in [0, 0.1) is 11.7 Å². The summed E-state index contributed by atoms with van der Waals surface area (Å²) < 4.78 is 20.3. The van der Waals surface area contributed by atoms with E-state index in [1.54, 1.807) is 30.3 Å². The number of carbonyl (C=O) groups excluding carboxylic acids is 1. The second-order valence-corrected chi connectivity index (χ2v) is 7.85. The van der Waals surface area contributed by atoms with E-state index < -0.39 is 11.7 Å². The van der Waals surface area contributed by atoms with Gasteiger partial charge >= 0.3 is 0 Å². The second-order valence-electron chi connectivity index (χ2n) is 7.85. The minimum atomic E-state index is -0.608. The van der Waals surface area contributed by atoms with E-state index in [-0.39, 0.29) is 11.7 Å². The highest BCUT2D eigenvalue weighted by molar-refractivity contribution is 6.05. The van der Waals surface area contributed by atoms with Gasteiger partial charge in [-0.1, -0.05) is 6.92 Å². The van der Waals surface area contributed by atoms with Gasteiger partial charge in [-0.05, 0) is 73.4 Å². The highest BCUT2D eigenvalue weighted by atomic mass is 19.1. The largest absolute Gasteiger partial charge is 0.490 e. The fourth-order valence-electron chi connectivity index (χ4n) is 3.69. The standard InChI is InChI=1S/C23H20FN5O2/c1-13-10-17(11-13)31-16-5-3-15(4-6-16)25-23(30)18-12-14(2-7-19(18)24)20-8-9-21-22(26-20)28-29-27-21/h2-9,12-13,17H,10-11H2,1H3,(H,25,30)(H,26,27,28,29). The molecule has 0 radical (unpaired) electrons. The monoisotopic (exact) mass is 417 g/mol. The van der Waals surface area contributed by atoms with E-state index in [0.29, 0.717) is 34.0 Å². The molecule has 1 saturated carbocycles. The Morgan fingerprint density at radius 2 is 1.90 bits per heavy atom. The zero-order valence-corrected chi connectivity index (χ0v) is 16.8. The predicted octanol–water partition coefficient (Wildman–Crippen LogP) is 4.59. The first kappa shape index (κ1) is 19.2. The lowest BCUT2D eigenvalue weighted by atomic mass is 9.84. The van der Waals surface area contributed by atoms with Crippen molar-refractivity contribution in [2.45, 2.75) is 25.9 Å². The number of carbonyl (C=O) groups is 1. The number of anilines is 1. The molecular weight excluding hydrogens is 397 g/mol. The van der Waals surface area contributed by atoms with Crippen LogP contribution < -0.4 is 10.1 Å². The lowest BCUT2D eigenvalue weighted by Gasteiger charge is -2.32. The Bertz CT molecular complexity index is 1250. The Hall–Kier alpha value is -3.81. The van der Waals surface area contributed by atoms with Crippen molar-refractivity contribution in [3.63, 3.8) is 0 Å². The molecular formula is C23H20FN5O2. The summed E-state index contributed by atoms with van der Waals surface area (Å²) in [6, 6.07) is 14.9. The smallest absolute Gasteiger partial charge is 0.258 e. The fraction of sp³-hybridized carbons (Fsp3) is 0.217. The number of amides is 1. The summed E-state index contributed by atoms with van der Waals surface area (Å²) in [5, 5.41) is 13.2. The number of fused-ring (bicyclic) bond motifs is 1. The molecule has 0 bridgehead atoms. The molecule has 2 aromatic heterocycles. The quantitative estimate of drug-likeness (QED) is 0.496. The predicted molar refractivity (Wildman–Crippen MR) is 114 cm³/mol. The lowest BCUT2D eigenvalue weighted by Crippen LogP contribution is -2.31. The molecule has 8 heteroatoms. The van der Waals surface area contributed by atoms with Crippen molar-refractivity contribution in [2.24, 2.45) is 5.92 Å². The number of hydrogen-bond donors (Lipinski definition) is 2. The number of benzene rings is 2. The third-order valence-electron chi connectivity index (χ3n) is 5.43. The highest BCUT2D eigenvalue weighted by Gasteiger charge is 2.26. The average Bonchev–Trinajstić information content (AvgIpc) is 3.22. The first-order chi connectivity index (χ1) is 15.0. The molecule has 1 amide bonds. The highest BCUT2D eigenvalue weighted by Crippen LogP contribution is 2.31. The molecule has 156 valence electrons. The van der Waals surface area contributed by atoms with Crippen LogP contribution in [0.2, 0.25) is 0 Å². The number of rotatable bonds is 5. The number of nitrogens with one attached hydrogen (secondary N) is 2. The van der Waals surface area contributed by atoms with Crippen molar-refractivity contribution in [1.29, 1.82) is 0 Å². The third-order valence-corrected chi connectivity index (χ3v) is 5.43. The summed E-state index contributed by atoms with van der Waals surface area (Å²) in [5.74, 6) is 0.325. The number of ether oxygens (including phenoxy) is 1. The molecule has 7 nitrogen and oxygen atoms in total. The molecule has 5 rings (SSSR count).